The van der Waals surface area contributed by atoms with E-state index >= 15 is 0 Å². The monoisotopic (exact) mass is 398 g/mol. The predicted octanol–water partition coefficient (Wildman–Crippen LogP) is 3.06. The minimum atomic E-state index is -0.176. The Kier molecular flexibility index (Phi) is 3.90. The van der Waals surface area contributed by atoms with E-state index in [0.717, 1.165) is 54.7 Å². The highest BCUT2D eigenvalue weighted by molar-refractivity contribution is 6.31. The molecule has 3 aromatic rings. The Morgan fingerprint density at radius 1 is 1.14 bits per heavy atom. The number of rotatable bonds is 3. The maximum atomic E-state index is 6.35. The van der Waals surface area contributed by atoms with Crippen molar-refractivity contribution in [1.29, 1.82) is 0 Å². The average molecular weight is 399 g/mol. The number of benzene rings is 1. The van der Waals surface area contributed by atoms with E-state index in [1.54, 1.807) is 0 Å². The highest BCUT2D eigenvalue weighted by atomic mass is 35.5. The first kappa shape index (κ1) is 17.8. The first-order chi connectivity index (χ1) is 13.3. The van der Waals surface area contributed by atoms with Crippen molar-refractivity contribution in [2.75, 3.05) is 31.2 Å². The fourth-order valence-electron chi connectivity index (χ4n) is 3.78. The van der Waals surface area contributed by atoms with Crippen molar-refractivity contribution in [1.82, 2.24) is 25.0 Å². The lowest BCUT2D eigenvalue weighted by Crippen LogP contribution is -2.66. The van der Waals surface area contributed by atoms with Gasteiger partial charge in [-0.2, -0.15) is 0 Å². The Hall–Kier alpha value is -2.25. The number of hydrogen-bond donors (Lipinski definition) is 0. The van der Waals surface area contributed by atoms with Crippen molar-refractivity contribution in [3.63, 3.8) is 0 Å². The number of aromatic nitrogens is 5. The molecule has 7 nitrogen and oxygen atoms in total. The number of anilines is 1. The van der Waals surface area contributed by atoms with Crippen LogP contribution in [0.15, 0.2) is 24.3 Å². The third-order valence-electron chi connectivity index (χ3n) is 5.46. The minimum absolute atomic E-state index is 0.176. The molecular formula is C20H23ClN6O. The van der Waals surface area contributed by atoms with Gasteiger partial charge in [0.25, 0.3) is 0 Å². The Labute approximate surface area is 168 Å². The van der Waals surface area contributed by atoms with Crippen LogP contribution in [0.3, 0.4) is 0 Å². The molecule has 0 amide bonds. The first-order valence-corrected chi connectivity index (χ1v) is 9.90. The van der Waals surface area contributed by atoms with Gasteiger partial charge in [0.05, 0.1) is 25.2 Å². The Bertz CT molecular complexity index is 1040. The summed E-state index contributed by atoms with van der Waals surface area (Å²) < 4.78 is 7.23. The largest absolute Gasteiger partial charge is 0.380 e. The van der Waals surface area contributed by atoms with Crippen LogP contribution in [-0.2, 0) is 16.7 Å². The zero-order valence-electron chi connectivity index (χ0n) is 16.3. The number of hydrogen-bond acceptors (Lipinski definition) is 6. The fourth-order valence-corrected chi connectivity index (χ4v) is 3.97. The molecule has 8 heteroatoms. The second-order valence-corrected chi connectivity index (χ2v) is 9.39. The van der Waals surface area contributed by atoms with Crippen molar-refractivity contribution in [3.8, 4) is 0 Å². The van der Waals surface area contributed by atoms with Gasteiger partial charge >= 0.3 is 0 Å². The van der Waals surface area contributed by atoms with Crippen LogP contribution in [0.5, 0.6) is 0 Å². The van der Waals surface area contributed by atoms with E-state index in [-0.39, 0.29) is 5.41 Å². The van der Waals surface area contributed by atoms with Crippen LogP contribution >= 0.6 is 11.6 Å². The van der Waals surface area contributed by atoms with Crippen molar-refractivity contribution in [3.05, 3.63) is 40.7 Å². The number of nitrogens with zero attached hydrogens (tertiary/aromatic N) is 6. The van der Waals surface area contributed by atoms with Gasteiger partial charge in [0, 0.05) is 23.5 Å². The smallest absolute Gasteiger partial charge is 0.184 e. The van der Waals surface area contributed by atoms with E-state index < -0.39 is 0 Å². The second-order valence-electron chi connectivity index (χ2n) is 8.98. The molecule has 0 bridgehead atoms. The summed E-state index contributed by atoms with van der Waals surface area (Å²) in [7, 11) is 0. The second kappa shape index (κ2) is 6.12. The Morgan fingerprint density at radius 3 is 2.54 bits per heavy atom. The van der Waals surface area contributed by atoms with Crippen molar-refractivity contribution < 1.29 is 4.74 Å². The van der Waals surface area contributed by atoms with Crippen LogP contribution in [0.4, 0.5) is 5.82 Å². The number of fused-ring (bicyclic) bond motifs is 1. The van der Waals surface area contributed by atoms with Gasteiger partial charge in [0.2, 0.25) is 0 Å². The lowest BCUT2D eigenvalue weighted by atomic mass is 9.78. The molecule has 2 aliphatic rings. The van der Waals surface area contributed by atoms with E-state index in [1.165, 1.54) is 0 Å². The van der Waals surface area contributed by atoms with Crippen LogP contribution in [0.1, 0.15) is 32.2 Å². The molecule has 2 saturated heterocycles. The van der Waals surface area contributed by atoms with Crippen molar-refractivity contribution in [2.45, 2.75) is 32.7 Å². The maximum Gasteiger partial charge on any atom is 0.184 e. The van der Waals surface area contributed by atoms with Crippen molar-refractivity contribution in [2.24, 2.45) is 5.41 Å². The lowest BCUT2D eigenvalue weighted by Gasteiger charge is -2.55. The molecule has 2 aliphatic heterocycles. The van der Waals surface area contributed by atoms with Crippen molar-refractivity contribution >= 4 is 28.6 Å². The molecular weight excluding hydrogens is 376 g/mol. The summed E-state index contributed by atoms with van der Waals surface area (Å²) in [5.74, 6) is 1.67. The average Bonchev–Trinajstić information content (AvgIpc) is 2.97. The van der Waals surface area contributed by atoms with Crippen LogP contribution in [0, 0.1) is 5.41 Å². The summed E-state index contributed by atoms with van der Waals surface area (Å²) in [5.41, 5.74) is 2.61. The molecule has 0 aliphatic carbocycles. The summed E-state index contributed by atoms with van der Waals surface area (Å²) in [4.78, 5) is 12.0. The first-order valence-electron chi connectivity index (χ1n) is 9.53. The van der Waals surface area contributed by atoms with Gasteiger partial charge in [0.15, 0.2) is 17.0 Å². The van der Waals surface area contributed by atoms with Crippen LogP contribution in [-0.4, -0.2) is 51.3 Å². The summed E-state index contributed by atoms with van der Waals surface area (Å²) in [6.07, 6.45) is 0. The van der Waals surface area contributed by atoms with Gasteiger partial charge in [-0.3, -0.25) is 0 Å². The van der Waals surface area contributed by atoms with Crippen LogP contribution < -0.4 is 4.90 Å². The molecule has 146 valence electrons. The summed E-state index contributed by atoms with van der Waals surface area (Å²) in [6, 6.07) is 7.78. The zero-order chi connectivity index (χ0) is 19.5. The summed E-state index contributed by atoms with van der Waals surface area (Å²) in [5, 5.41) is 9.53. The molecule has 0 radical (unpaired) electrons. The highest BCUT2D eigenvalue weighted by Crippen LogP contribution is 2.41. The molecule has 1 aromatic carbocycles. The van der Waals surface area contributed by atoms with E-state index in [4.69, 9.17) is 26.3 Å². The standard InChI is InChI=1S/C20H23ClN6O/c1-19(2,3)18-22-16(26-9-20(10-26)11-28-12-20)15-17(23-18)27(25-24-15)8-13-6-4-5-7-14(13)21/h4-7H,8-12H2,1-3H3. The summed E-state index contributed by atoms with van der Waals surface area (Å²) >= 11 is 6.35. The number of halogens is 1. The summed E-state index contributed by atoms with van der Waals surface area (Å²) in [6.45, 7) is 10.5. The van der Waals surface area contributed by atoms with Gasteiger partial charge in [-0.25, -0.2) is 14.6 Å². The molecule has 5 rings (SSSR count). The fraction of sp³-hybridized carbons (Fsp3) is 0.500. The quantitative estimate of drug-likeness (QED) is 0.675. The number of ether oxygens (including phenoxy) is 1. The third kappa shape index (κ3) is 2.84. The Morgan fingerprint density at radius 2 is 1.89 bits per heavy atom. The molecule has 2 aromatic heterocycles. The molecule has 28 heavy (non-hydrogen) atoms. The molecule has 2 fully saturated rings. The lowest BCUT2D eigenvalue weighted by molar-refractivity contribution is -0.127. The van der Waals surface area contributed by atoms with Gasteiger partial charge in [-0.1, -0.05) is 55.8 Å². The third-order valence-corrected chi connectivity index (χ3v) is 5.83. The SMILES string of the molecule is CC(C)(C)c1nc(N2CC3(COC3)C2)c2nnn(Cc3ccccc3Cl)c2n1. The maximum absolute atomic E-state index is 6.35. The van der Waals surface area contributed by atoms with Gasteiger partial charge in [-0.05, 0) is 11.6 Å². The topological polar surface area (TPSA) is 69.0 Å². The molecule has 0 atom stereocenters. The van der Waals surface area contributed by atoms with E-state index in [0.29, 0.717) is 17.0 Å². The minimum Gasteiger partial charge on any atom is -0.380 e. The van der Waals surface area contributed by atoms with E-state index in [9.17, 15) is 0 Å². The van der Waals surface area contributed by atoms with Crippen LogP contribution in [0.25, 0.3) is 11.2 Å². The van der Waals surface area contributed by atoms with E-state index in [1.807, 2.05) is 28.9 Å². The molecule has 0 N–H and O–H groups in total. The van der Waals surface area contributed by atoms with Crippen LogP contribution in [0.2, 0.25) is 5.02 Å². The molecule has 0 unspecified atom stereocenters. The molecule has 1 spiro atoms. The van der Waals surface area contributed by atoms with E-state index in [2.05, 4.69) is 36.0 Å². The highest BCUT2D eigenvalue weighted by Gasteiger charge is 2.50. The normalized spacial score (nSPS) is 18.4. The molecule has 0 saturated carbocycles. The van der Waals surface area contributed by atoms with Gasteiger partial charge < -0.3 is 9.64 Å². The van der Waals surface area contributed by atoms with Gasteiger partial charge in [-0.15, -0.1) is 5.10 Å². The van der Waals surface area contributed by atoms with Gasteiger partial charge in [0.1, 0.15) is 5.82 Å². The zero-order valence-corrected chi connectivity index (χ0v) is 17.1. The molecule has 4 heterocycles. The Balaban J connectivity index is 1.58. The predicted molar refractivity (Wildman–Crippen MR) is 108 cm³/mol.